The van der Waals surface area contributed by atoms with Gasteiger partial charge >= 0.3 is 5.97 Å². The number of ether oxygens (including phenoxy) is 2. The second-order valence-electron chi connectivity index (χ2n) is 2.42. The molecular formula is C8H11N3O3. The first kappa shape index (κ1) is 10.4. The van der Waals surface area contributed by atoms with Gasteiger partial charge in [0.25, 0.3) is 0 Å². The van der Waals surface area contributed by atoms with Crippen molar-refractivity contribution in [2.45, 2.75) is 0 Å². The van der Waals surface area contributed by atoms with Crippen LogP contribution in [0.4, 0.5) is 5.82 Å². The van der Waals surface area contributed by atoms with Crippen LogP contribution in [-0.2, 0) is 9.47 Å². The number of carbonyl (C=O) groups excluding carboxylic acids is 1. The van der Waals surface area contributed by atoms with Crippen molar-refractivity contribution in [1.29, 1.82) is 0 Å². The summed E-state index contributed by atoms with van der Waals surface area (Å²) in [6.45, 7) is 0.511. The van der Waals surface area contributed by atoms with Crippen molar-refractivity contribution in [2.24, 2.45) is 0 Å². The zero-order valence-electron chi connectivity index (χ0n) is 7.77. The summed E-state index contributed by atoms with van der Waals surface area (Å²) in [7, 11) is 1.52. The zero-order chi connectivity index (χ0) is 10.4. The summed E-state index contributed by atoms with van der Waals surface area (Å²) >= 11 is 0. The minimum Gasteiger partial charge on any atom is -0.458 e. The lowest BCUT2D eigenvalue weighted by Crippen LogP contribution is -2.14. The lowest BCUT2D eigenvalue weighted by Gasteiger charge is -2.03. The number of carbonyl (C=O) groups is 1. The maximum atomic E-state index is 11.3. The van der Waals surface area contributed by atoms with E-state index in [-0.39, 0.29) is 18.1 Å². The van der Waals surface area contributed by atoms with Crippen LogP contribution >= 0.6 is 0 Å². The van der Waals surface area contributed by atoms with E-state index in [2.05, 4.69) is 9.97 Å². The van der Waals surface area contributed by atoms with Crippen molar-refractivity contribution in [3.8, 4) is 0 Å². The topological polar surface area (TPSA) is 87.3 Å². The quantitative estimate of drug-likeness (QED) is 0.534. The number of esters is 1. The number of aromatic nitrogens is 2. The Morgan fingerprint density at radius 1 is 1.43 bits per heavy atom. The molecule has 0 fully saturated rings. The molecule has 1 aromatic rings. The number of methoxy groups -OCH3 is 1. The second-order valence-corrected chi connectivity index (χ2v) is 2.42. The van der Waals surface area contributed by atoms with E-state index < -0.39 is 5.97 Å². The third-order valence-electron chi connectivity index (χ3n) is 1.44. The molecule has 0 radical (unpaired) electrons. The molecule has 76 valence electrons. The molecule has 6 heteroatoms. The van der Waals surface area contributed by atoms with Crippen molar-refractivity contribution in [1.82, 2.24) is 9.97 Å². The average Bonchev–Trinajstić information content (AvgIpc) is 2.18. The highest BCUT2D eigenvalue weighted by atomic mass is 16.6. The molecule has 0 bridgehead atoms. The van der Waals surface area contributed by atoms with Crippen LogP contribution in [0.15, 0.2) is 12.4 Å². The van der Waals surface area contributed by atoms with Gasteiger partial charge in [0.1, 0.15) is 6.61 Å². The van der Waals surface area contributed by atoms with Crippen LogP contribution < -0.4 is 5.73 Å². The van der Waals surface area contributed by atoms with Crippen LogP contribution in [0.5, 0.6) is 0 Å². The molecule has 0 aliphatic carbocycles. The maximum Gasteiger partial charge on any atom is 0.360 e. The summed E-state index contributed by atoms with van der Waals surface area (Å²) in [6.07, 6.45) is 2.78. The van der Waals surface area contributed by atoms with Gasteiger partial charge in [-0.25, -0.2) is 14.8 Å². The number of nitrogen functional groups attached to an aromatic ring is 1. The number of nitrogens with two attached hydrogens (primary N) is 1. The molecule has 14 heavy (non-hydrogen) atoms. The summed E-state index contributed by atoms with van der Waals surface area (Å²) < 4.78 is 9.52. The number of rotatable bonds is 4. The van der Waals surface area contributed by atoms with Gasteiger partial charge in [-0.3, -0.25) is 0 Å². The SMILES string of the molecule is COCCOC(=O)c1nccnc1N. The smallest absolute Gasteiger partial charge is 0.360 e. The van der Waals surface area contributed by atoms with Crippen molar-refractivity contribution < 1.29 is 14.3 Å². The maximum absolute atomic E-state index is 11.3. The van der Waals surface area contributed by atoms with Gasteiger partial charge < -0.3 is 15.2 Å². The van der Waals surface area contributed by atoms with Crippen molar-refractivity contribution >= 4 is 11.8 Å². The fraction of sp³-hybridized carbons (Fsp3) is 0.375. The molecule has 1 heterocycles. The predicted octanol–water partition coefficient (Wildman–Crippen LogP) is -0.138. The highest BCUT2D eigenvalue weighted by Crippen LogP contribution is 2.04. The second kappa shape index (κ2) is 5.13. The largest absolute Gasteiger partial charge is 0.458 e. The molecule has 0 amide bonds. The van der Waals surface area contributed by atoms with Gasteiger partial charge in [-0.05, 0) is 0 Å². The van der Waals surface area contributed by atoms with Gasteiger partial charge in [0.15, 0.2) is 11.5 Å². The Hall–Kier alpha value is -1.69. The molecule has 0 unspecified atom stereocenters. The third-order valence-corrected chi connectivity index (χ3v) is 1.44. The van der Waals surface area contributed by atoms with Gasteiger partial charge in [0, 0.05) is 19.5 Å². The first-order chi connectivity index (χ1) is 6.75. The molecular weight excluding hydrogens is 186 g/mol. The van der Waals surface area contributed by atoms with E-state index in [0.29, 0.717) is 6.61 Å². The van der Waals surface area contributed by atoms with Gasteiger partial charge in [-0.2, -0.15) is 0 Å². The standard InChI is InChI=1S/C8H11N3O3/c1-13-4-5-14-8(12)6-7(9)11-3-2-10-6/h2-3H,4-5H2,1H3,(H2,9,11). The monoisotopic (exact) mass is 197 g/mol. The zero-order valence-corrected chi connectivity index (χ0v) is 7.77. The van der Waals surface area contributed by atoms with Crippen LogP contribution in [0.1, 0.15) is 10.5 Å². The van der Waals surface area contributed by atoms with E-state index in [1.54, 1.807) is 0 Å². The summed E-state index contributed by atoms with van der Waals surface area (Å²) in [5.74, 6) is -0.525. The fourth-order valence-corrected chi connectivity index (χ4v) is 0.792. The van der Waals surface area contributed by atoms with Gasteiger partial charge in [-0.1, -0.05) is 0 Å². The van der Waals surface area contributed by atoms with E-state index in [4.69, 9.17) is 15.2 Å². The van der Waals surface area contributed by atoms with E-state index >= 15 is 0 Å². The van der Waals surface area contributed by atoms with Crippen LogP contribution in [0.2, 0.25) is 0 Å². The van der Waals surface area contributed by atoms with E-state index in [1.807, 2.05) is 0 Å². The molecule has 0 atom stereocenters. The van der Waals surface area contributed by atoms with Gasteiger partial charge in [0.05, 0.1) is 6.61 Å². The molecule has 0 spiro atoms. The van der Waals surface area contributed by atoms with Crippen LogP contribution in [0, 0.1) is 0 Å². The van der Waals surface area contributed by atoms with Crippen molar-refractivity contribution in [2.75, 3.05) is 26.1 Å². The molecule has 0 saturated carbocycles. The Balaban J connectivity index is 2.56. The van der Waals surface area contributed by atoms with E-state index in [1.165, 1.54) is 19.5 Å². The van der Waals surface area contributed by atoms with E-state index in [0.717, 1.165) is 0 Å². The summed E-state index contributed by atoms with van der Waals surface area (Å²) in [4.78, 5) is 18.7. The molecule has 0 aliphatic rings. The molecule has 0 aliphatic heterocycles. The first-order valence-corrected chi connectivity index (χ1v) is 3.98. The molecule has 2 N–H and O–H groups in total. The molecule has 1 rings (SSSR count). The summed E-state index contributed by atoms with van der Waals surface area (Å²) in [5, 5.41) is 0. The third kappa shape index (κ3) is 2.67. The average molecular weight is 197 g/mol. The Morgan fingerprint density at radius 2 is 2.14 bits per heavy atom. The Bertz CT molecular complexity index is 316. The number of hydrogen-bond acceptors (Lipinski definition) is 6. The molecule has 0 saturated heterocycles. The number of anilines is 1. The van der Waals surface area contributed by atoms with Crippen molar-refractivity contribution in [3.63, 3.8) is 0 Å². The first-order valence-electron chi connectivity index (χ1n) is 3.98. The minimum absolute atomic E-state index is 0.0311. The molecule has 6 nitrogen and oxygen atoms in total. The Kier molecular flexibility index (Phi) is 3.81. The van der Waals surface area contributed by atoms with Crippen LogP contribution in [0.25, 0.3) is 0 Å². The van der Waals surface area contributed by atoms with Gasteiger partial charge in [-0.15, -0.1) is 0 Å². The highest BCUT2D eigenvalue weighted by molar-refractivity contribution is 5.91. The molecule has 1 aromatic heterocycles. The fourth-order valence-electron chi connectivity index (χ4n) is 0.792. The minimum atomic E-state index is -0.590. The normalized spacial score (nSPS) is 9.79. The molecule has 0 aromatic carbocycles. The highest BCUT2D eigenvalue weighted by Gasteiger charge is 2.12. The van der Waals surface area contributed by atoms with Crippen LogP contribution in [0.3, 0.4) is 0 Å². The number of nitrogens with zero attached hydrogens (tertiary/aromatic N) is 2. The summed E-state index contributed by atoms with van der Waals surface area (Å²) in [6, 6.07) is 0. The lowest BCUT2D eigenvalue weighted by atomic mass is 10.4. The Morgan fingerprint density at radius 3 is 2.79 bits per heavy atom. The number of hydrogen-bond donors (Lipinski definition) is 1. The van der Waals surface area contributed by atoms with Crippen LogP contribution in [-0.4, -0.2) is 36.3 Å². The van der Waals surface area contributed by atoms with E-state index in [9.17, 15) is 4.79 Å². The lowest BCUT2D eigenvalue weighted by molar-refractivity contribution is 0.0382. The van der Waals surface area contributed by atoms with Gasteiger partial charge in [0.2, 0.25) is 0 Å². The predicted molar refractivity (Wildman–Crippen MR) is 48.6 cm³/mol. The Labute approximate surface area is 81.1 Å². The van der Waals surface area contributed by atoms with Crippen molar-refractivity contribution in [3.05, 3.63) is 18.1 Å². The summed E-state index contributed by atoms with van der Waals surface area (Å²) in [5.41, 5.74) is 5.45.